The van der Waals surface area contributed by atoms with Gasteiger partial charge in [0.05, 0.1) is 0 Å². The zero-order valence-corrected chi connectivity index (χ0v) is 14.3. The quantitative estimate of drug-likeness (QED) is 0.565. The topological polar surface area (TPSA) is 17.1 Å². The average molecular weight is 300 g/mol. The number of ketones is 1. The van der Waals surface area contributed by atoms with E-state index in [1.54, 1.807) is 16.5 Å². The number of carbonyl (C=O) groups excluding carboxylic acids is 1. The van der Waals surface area contributed by atoms with Gasteiger partial charge in [-0.3, -0.25) is 0 Å². The van der Waals surface area contributed by atoms with Gasteiger partial charge in [0.15, 0.2) is 0 Å². The van der Waals surface area contributed by atoms with Crippen molar-refractivity contribution in [3.63, 3.8) is 0 Å². The van der Waals surface area contributed by atoms with Crippen molar-refractivity contribution in [3.05, 3.63) is 45.8 Å². The Hall–Kier alpha value is -0.940. The number of allylic oxidation sites excluding steroid dienone is 7. The Bertz CT molecular complexity index is 663. The first kappa shape index (κ1) is 13.7. The molecule has 0 saturated carbocycles. The van der Waals surface area contributed by atoms with E-state index in [-0.39, 0.29) is 5.78 Å². The van der Waals surface area contributed by atoms with Gasteiger partial charge in [0.2, 0.25) is 0 Å². The molecule has 0 N–H and O–H groups in total. The van der Waals surface area contributed by atoms with Crippen LogP contribution in [-0.4, -0.2) is 12.4 Å². The number of hydrogen-bond acceptors (Lipinski definition) is 1. The second-order valence-corrected chi connectivity index (χ2v) is 11.9. The van der Waals surface area contributed by atoms with E-state index in [0.717, 1.165) is 12.3 Å². The molecule has 0 radical (unpaired) electrons. The second kappa shape index (κ2) is 4.29. The van der Waals surface area contributed by atoms with Gasteiger partial charge in [0, 0.05) is 0 Å². The molecule has 21 heavy (non-hydrogen) atoms. The fourth-order valence-corrected chi connectivity index (χ4v) is 9.17. The van der Waals surface area contributed by atoms with E-state index in [1.165, 1.54) is 31.0 Å². The molecule has 0 amide bonds. The number of rotatable bonds is 0. The summed E-state index contributed by atoms with van der Waals surface area (Å²) in [6.07, 6.45) is 12.5. The number of carbonyl (C=O) groups is 1. The third-order valence-electron chi connectivity index (χ3n) is 6.33. The van der Waals surface area contributed by atoms with Crippen molar-refractivity contribution >= 4 is 13.0 Å². The molecular weight excluding hydrogens is 275 g/mol. The summed E-state index contributed by atoms with van der Waals surface area (Å²) in [6.45, 7) is 7.29. The van der Waals surface area contributed by atoms with Gasteiger partial charge in [-0.2, -0.15) is 0 Å². The minimum absolute atomic E-state index is 0.202. The molecule has 112 valence electrons. The molecule has 0 aromatic heterocycles. The van der Waals surface area contributed by atoms with Crippen LogP contribution in [0.2, 0.25) is 0 Å². The molecule has 0 fully saturated rings. The van der Waals surface area contributed by atoms with Crippen LogP contribution in [0.25, 0.3) is 0 Å². The van der Waals surface area contributed by atoms with Crippen molar-refractivity contribution in [2.75, 3.05) is 6.66 Å². The van der Waals surface area contributed by atoms with Crippen LogP contribution in [0, 0.1) is 11.3 Å². The number of fused-ring (bicyclic) bond motifs is 4. The number of hydrogen-bond donors (Lipinski definition) is 0. The summed E-state index contributed by atoms with van der Waals surface area (Å²) >= 11 is 0. The molecule has 0 aromatic rings. The molecule has 2 aliphatic heterocycles. The predicted molar refractivity (Wildman–Crippen MR) is 91.9 cm³/mol. The molecule has 0 spiro atoms. The summed E-state index contributed by atoms with van der Waals surface area (Å²) in [6, 6.07) is 0. The zero-order valence-electron chi connectivity index (χ0n) is 13.3. The van der Waals surface area contributed by atoms with Crippen LogP contribution in [-0.2, 0) is 4.79 Å². The Balaban J connectivity index is 1.87. The van der Waals surface area contributed by atoms with Gasteiger partial charge < -0.3 is 0 Å². The monoisotopic (exact) mass is 300 g/mol. The molecule has 4 rings (SSSR count). The van der Waals surface area contributed by atoms with Crippen LogP contribution in [0.15, 0.2) is 45.8 Å². The Labute approximate surface area is 128 Å². The molecule has 1 unspecified atom stereocenters. The summed E-state index contributed by atoms with van der Waals surface area (Å²) in [4.78, 5) is 11.7. The van der Waals surface area contributed by atoms with Crippen LogP contribution < -0.4 is 0 Å². The SMILES string of the molecule is CC1C=C2C3=C(CC[C@]2(C)C1)[PH]1(C)C=CC(=O)C=C1CC3. The van der Waals surface area contributed by atoms with Gasteiger partial charge in [0.25, 0.3) is 0 Å². The molecule has 0 bridgehead atoms. The first-order valence-electron chi connectivity index (χ1n) is 8.32. The van der Waals surface area contributed by atoms with Gasteiger partial charge in [-0.05, 0) is 0 Å². The summed E-state index contributed by atoms with van der Waals surface area (Å²) < 4.78 is 0. The molecule has 1 nitrogen and oxygen atoms in total. The summed E-state index contributed by atoms with van der Waals surface area (Å²) in [5.41, 5.74) is 3.80. The van der Waals surface area contributed by atoms with Gasteiger partial charge >= 0.3 is 128 Å². The van der Waals surface area contributed by atoms with Crippen molar-refractivity contribution in [1.29, 1.82) is 0 Å². The van der Waals surface area contributed by atoms with Crippen molar-refractivity contribution in [1.82, 2.24) is 0 Å². The van der Waals surface area contributed by atoms with Crippen molar-refractivity contribution in [2.24, 2.45) is 11.3 Å². The first-order valence-corrected chi connectivity index (χ1v) is 10.9. The molecule has 2 heteroatoms. The van der Waals surface area contributed by atoms with Crippen LogP contribution in [0.4, 0.5) is 0 Å². The first-order chi connectivity index (χ1) is 9.92. The van der Waals surface area contributed by atoms with Crippen molar-refractivity contribution in [3.8, 4) is 0 Å². The predicted octanol–water partition coefficient (Wildman–Crippen LogP) is 5.16. The van der Waals surface area contributed by atoms with E-state index in [2.05, 4.69) is 32.4 Å². The van der Waals surface area contributed by atoms with Gasteiger partial charge in [0.1, 0.15) is 0 Å². The molecular formula is C19H25OP. The zero-order chi connectivity index (χ0) is 14.8. The van der Waals surface area contributed by atoms with E-state index in [9.17, 15) is 4.79 Å². The van der Waals surface area contributed by atoms with Crippen LogP contribution in [0.1, 0.15) is 46.0 Å². The molecule has 0 aromatic carbocycles. The second-order valence-electron chi connectivity index (χ2n) is 7.89. The fourth-order valence-electron chi connectivity index (χ4n) is 5.25. The molecule has 0 saturated heterocycles. The van der Waals surface area contributed by atoms with E-state index >= 15 is 0 Å². The average Bonchev–Trinajstić information content (AvgIpc) is 2.74. The van der Waals surface area contributed by atoms with E-state index in [4.69, 9.17) is 0 Å². The summed E-state index contributed by atoms with van der Waals surface area (Å²) in [5, 5.41) is 3.21. The Morgan fingerprint density at radius 3 is 2.90 bits per heavy atom. The van der Waals surface area contributed by atoms with Crippen molar-refractivity contribution in [2.45, 2.75) is 46.0 Å². The van der Waals surface area contributed by atoms with Crippen LogP contribution >= 0.6 is 7.26 Å². The van der Waals surface area contributed by atoms with Gasteiger partial charge in [-0.1, -0.05) is 0 Å². The molecule has 2 aliphatic carbocycles. The summed E-state index contributed by atoms with van der Waals surface area (Å²) in [7, 11) is -1.67. The van der Waals surface area contributed by atoms with E-state index < -0.39 is 7.26 Å². The van der Waals surface area contributed by atoms with Crippen LogP contribution in [0.5, 0.6) is 0 Å². The maximum atomic E-state index is 11.7. The van der Waals surface area contributed by atoms with Crippen LogP contribution in [0.3, 0.4) is 0 Å². The molecule has 2 heterocycles. The maximum absolute atomic E-state index is 11.7. The normalized spacial score (nSPS) is 38.2. The standard InChI is InChI=1S/C19H25OP/c1-13-10-17-16-5-4-15-11-14(20)7-9-21(15,3)18(16)6-8-19(17,2)12-13/h7,9-11,13,21H,4-6,8,12H2,1-3H3/t13?,19-/m1/s1. The third kappa shape index (κ3) is 1.83. The third-order valence-corrected chi connectivity index (χ3v) is 10.7. The van der Waals surface area contributed by atoms with Gasteiger partial charge in [-0.15, -0.1) is 0 Å². The summed E-state index contributed by atoms with van der Waals surface area (Å²) in [5.74, 6) is 3.24. The van der Waals surface area contributed by atoms with E-state index in [0.29, 0.717) is 5.41 Å². The fraction of sp³-hybridized carbons (Fsp3) is 0.526. The molecule has 4 aliphatic rings. The Morgan fingerprint density at radius 2 is 2.10 bits per heavy atom. The Morgan fingerprint density at radius 1 is 1.29 bits per heavy atom. The van der Waals surface area contributed by atoms with E-state index in [1.807, 2.05) is 12.2 Å². The minimum atomic E-state index is -1.67. The van der Waals surface area contributed by atoms with Crippen molar-refractivity contribution < 1.29 is 4.79 Å². The van der Waals surface area contributed by atoms with Gasteiger partial charge in [-0.25, -0.2) is 0 Å². The Kier molecular flexibility index (Phi) is 2.80. The molecule has 2 atom stereocenters.